The van der Waals surface area contributed by atoms with Gasteiger partial charge in [-0.15, -0.1) is 5.10 Å². The monoisotopic (exact) mass is 407 g/mol. The van der Waals surface area contributed by atoms with Gasteiger partial charge >= 0.3 is 12.0 Å². The summed E-state index contributed by atoms with van der Waals surface area (Å²) in [5.41, 5.74) is 1.99. The maximum atomic E-state index is 12.8. The lowest BCUT2D eigenvalue weighted by Crippen LogP contribution is -2.31. The molecule has 0 radical (unpaired) electrons. The average molecular weight is 407 g/mol. The van der Waals surface area contributed by atoms with Gasteiger partial charge < -0.3 is 25.1 Å². The molecule has 1 atom stereocenters. The molecule has 11 nitrogen and oxygen atoms in total. The van der Waals surface area contributed by atoms with Gasteiger partial charge in [0.15, 0.2) is 0 Å². The van der Waals surface area contributed by atoms with Crippen molar-refractivity contribution in [1.29, 1.82) is 0 Å². The number of rotatable bonds is 7. The van der Waals surface area contributed by atoms with Gasteiger partial charge in [-0.1, -0.05) is 17.2 Å². The van der Waals surface area contributed by atoms with Gasteiger partial charge in [0, 0.05) is 18.8 Å². The summed E-state index contributed by atoms with van der Waals surface area (Å²) in [4.78, 5) is 35.1. The Morgan fingerprint density at radius 1 is 1.17 bits per heavy atom. The van der Waals surface area contributed by atoms with Gasteiger partial charge in [-0.3, -0.25) is 9.59 Å². The SMILES string of the molecule is Cc1nnc(Nc2ccc([C@@H](CC(=O)O)NC(=O)c3ncnc4[nH]ccc34)cc2)o1. The van der Waals surface area contributed by atoms with Gasteiger partial charge in [-0.25, -0.2) is 9.97 Å². The number of anilines is 2. The highest BCUT2D eigenvalue weighted by Gasteiger charge is 2.21. The van der Waals surface area contributed by atoms with Crippen molar-refractivity contribution in [2.24, 2.45) is 0 Å². The van der Waals surface area contributed by atoms with Crippen LogP contribution in [0.3, 0.4) is 0 Å². The van der Waals surface area contributed by atoms with Gasteiger partial charge in [0.05, 0.1) is 17.8 Å². The molecule has 4 aromatic rings. The summed E-state index contributed by atoms with van der Waals surface area (Å²) in [6.07, 6.45) is 2.64. The van der Waals surface area contributed by atoms with Crippen LogP contribution in [0.1, 0.15) is 34.4 Å². The number of aromatic amines is 1. The number of aryl methyl sites for hydroxylation is 1. The minimum Gasteiger partial charge on any atom is -0.481 e. The van der Waals surface area contributed by atoms with E-state index in [0.29, 0.717) is 28.2 Å². The molecule has 0 aliphatic carbocycles. The number of carboxylic acids is 1. The highest BCUT2D eigenvalue weighted by molar-refractivity contribution is 6.03. The molecule has 3 heterocycles. The van der Waals surface area contributed by atoms with Gasteiger partial charge in [0.2, 0.25) is 5.89 Å². The number of H-pyrrole nitrogens is 1. The summed E-state index contributed by atoms with van der Waals surface area (Å²) in [5, 5.41) is 23.1. The number of benzene rings is 1. The largest absolute Gasteiger partial charge is 0.481 e. The number of nitrogens with zero attached hydrogens (tertiary/aromatic N) is 4. The molecule has 152 valence electrons. The first-order valence-corrected chi connectivity index (χ1v) is 8.97. The molecule has 3 aromatic heterocycles. The normalized spacial score (nSPS) is 11.9. The van der Waals surface area contributed by atoms with E-state index in [2.05, 4.69) is 35.8 Å². The summed E-state index contributed by atoms with van der Waals surface area (Å²) in [5.74, 6) is -1.10. The van der Waals surface area contributed by atoms with Crippen molar-refractivity contribution < 1.29 is 19.1 Å². The van der Waals surface area contributed by atoms with E-state index in [1.807, 2.05) is 0 Å². The fraction of sp³-hybridized carbons (Fsp3) is 0.158. The molecule has 30 heavy (non-hydrogen) atoms. The zero-order valence-electron chi connectivity index (χ0n) is 15.8. The molecule has 4 N–H and O–H groups in total. The number of carbonyl (C=O) groups excluding carboxylic acids is 1. The molecule has 0 aliphatic rings. The molecule has 0 unspecified atom stereocenters. The van der Waals surface area contributed by atoms with Crippen LogP contribution in [0.4, 0.5) is 11.7 Å². The number of hydrogen-bond acceptors (Lipinski definition) is 8. The Labute approximate surface area is 169 Å². The first-order chi connectivity index (χ1) is 14.5. The number of carbonyl (C=O) groups is 2. The molecule has 1 amide bonds. The van der Waals surface area contributed by atoms with E-state index in [1.165, 1.54) is 6.33 Å². The third-order valence-corrected chi connectivity index (χ3v) is 4.34. The number of nitrogens with one attached hydrogen (secondary N) is 3. The van der Waals surface area contributed by atoms with Gasteiger partial charge in [0.1, 0.15) is 17.7 Å². The molecular formula is C19H17N7O4. The van der Waals surface area contributed by atoms with Crippen molar-refractivity contribution in [3.63, 3.8) is 0 Å². The lowest BCUT2D eigenvalue weighted by atomic mass is 10.0. The Kier molecular flexibility index (Phi) is 5.08. The first kappa shape index (κ1) is 19.1. The van der Waals surface area contributed by atoms with Crippen LogP contribution < -0.4 is 10.6 Å². The van der Waals surface area contributed by atoms with Crippen LogP contribution in [0.15, 0.2) is 47.3 Å². The second-order valence-corrected chi connectivity index (χ2v) is 6.46. The smallest absolute Gasteiger partial charge is 0.320 e. The van der Waals surface area contributed by atoms with Crippen LogP contribution in [0.25, 0.3) is 11.0 Å². The molecule has 0 spiro atoms. The lowest BCUT2D eigenvalue weighted by molar-refractivity contribution is -0.137. The fourth-order valence-electron chi connectivity index (χ4n) is 2.98. The van der Waals surface area contributed by atoms with Crippen molar-refractivity contribution in [3.8, 4) is 0 Å². The second-order valence-electron chi connectivity index (χ2n) is 6.46. The van der Waals surface area contributed by atoms with Crippen LogP contribution >= 0.6 is 0 Å². The van der Waals surface area contributed by atoms with E-state index in [0.717, 1.165) is 0 Å². The van der Waals surface area contributed by atoms with Gasteiger partial charge in [-0.2, -0.15) is 0 Å². The van der Waals surface area contributed by atoms with Gasteiger partial charge in [-0.05, 0) is 23.8 Å². The van der Waals surface area contributed by atoms with Crippen LogP contribution in [0.2, 0.25) is 0 Å². The van der Waals surface area contributed by atoms with Crippen LogP contribution in [-0.2, 0) is 4.79 Å². The molecular weight excluding hydrogens is 390 g/mol. The molecule has 0 fully saturated rings. The zero-order valence-corrected chi connectivity index (χ0v) is 15.8. The third-order valence-electron chi connectivity index (χ3n) is 4.34. The maximum absolute atomic E-state index is 12.8. The Balaban J connectivity index is 1.54. The summed E-state index contributed by atoms with van der Waals surface area (Å²) in [6, 6.07) is 8.07. The maximum Gasteiger partial charge on any atom is 0.320 e. The quantitative estimate of drug-likeness (QED) is 0.360. The zero-order chi connectivity index (χ0) is 21.1. The minimum absolute atomic E-state index is 0.168. The third kappa shape index (κ3) is 4.09. The highest BCUT2D eigenvalue weighted by Crippen LogP contribution is 2.23. The number of hydrogen-bond donors (Lipinski definition) is 4. The molecule has 1 aromatic carbocycles. The average Bonchev–Trinajstić information content (AvgIpc) is 3.36. The highest BCUT2D eigenvalue weighted by atomic mass is 16.4. The fourth-order valence-corrected chi connectivity index (χ4v) is 2.98. The van der Waals surface area contributed by atoms with E-state index in [-0.39, 0.29) is 18.1 Å². The summed E-state index contributed by atoms with van der Waals surface area (Å²) >= 11 is 0. The molecule has 0 saturated carbocycles. The van der Waals surface area contributed by atoms with Crippen molar-refractivity contribution in [1.82, 2.24) is 30.5 Å². The van der Waals surface area contributed by atoms with Crippen molar-refractivity contribution in [2.75, 3.05) is 5.32 Å². The molecule has 0 aliphatic heterocycles. The van der Waals surface area contributed by atoms with Crippen molar-refractivity contribution >= 4 is 34.6 Å². The predicted octanol–water partition coefficient (Wildman–Crippen LogP) is 2.34. The standard InChI is InChI=1S/C19H17N7O4/c1-10-25-26-19(30-10)23-12-4-2-11(3-5-12)14(8-15(27)28)24-18(29)16-13-6-7-20-17(13)22-9-21-16/h2-7,9,14H,8H2,1H3,(H,23,26)(H,24,29)(H,27,28)(H,20,21,22)/t14-/m1/s1. The molecule has 11 heteroatoms. The van der Waals surface area contributed by atoms with E-state index < -0.39 is 17.9 Å². The van der Waals surface area contributed by atoms with Crippen LogP contribution in [0, 0.1) is 6.92 Å². The number of carboxylic acid groups (broad SMARTS) is 1. The molecule has 0 bridgehead atoms. The Morgan fingerprint density at radius 2 is 1.97 bits per heavy atom. The molecule has 0 saturated heterocycles. The lowest BCUT2D eigenvalue weighted by Gasteiger charge is -2.18. The summed E-state index contributed by atoms with van der Waals surface area (Å²) in [7, 11) is 0. The summed E-state index contributed by atoms with van der Waals surface area (Å²) < 4.78 is 5.27. The Hall–Kier alpha value is -4.28. The number of fused-ring (bicyclic) bond motifs is 1. The Bertz CT molecular complexity index is 1200. The number of aromatic nitrogens is 5. The van der Waals surface area contributed by atoms with Crippen molar-refractivity contribution in [2.45, 2.75) is 19.4 Å². The number of aliphatic carboxylic acids is 1. The van der Waals surface area contributed by atoms with Gasteiger partial charge in [0.25, 0.3) is 5.91 Å². The van der Waals surface area contributed by atoms with Crippen molar-refractivity contribution in [3.05, 3.63) is 60.0 Å². The topological polar surface area (TPSA) is 159 Å². The molecule has 4 rings (SSSR count). The minimum atomic E-state index is -1.04. The second kappa shape index (κ2) is 7.99. The summed E-state index contributed by atoms with van der Waals surface area (Å²) in [6.45, 7) is 1.68. The predicted molar refractivity (Wildman–Crippen MR) is 105 cm³/mol. The Morgan fingerprint density at radius 3 is 2.67 bits per heavy atom. The van der Waals surface area contributed by atoms with E-state index >= 15 is 0 Å². The van der Waals surface area contributed by atoms with E-state index in [9.17, 15) is 14.7 Å². The van der Waals surface area contributed by atoms with E-state index in [1.54, 1.807) is 43.5 Å². The number of amides is 1. The van der Waals surface area contributed by atoms with E-state index in [4.69, 9.17) is 4.42 Å². The van der Waals surface area contributed by atoms with Crippen LogP contribution in [-0.4, -0.2) is 42.1 Å². The first-order valence-electron chi connectivity index (χ1n) is 8.97. The van der Waals surface area contributed by atoms with Crippen LogP contribution in [0.5, 0.6) is 0 Å².